The van der Waals surface area contributed by atoms with E-state index in [0.29, 0.717) is 25.4 Å². The normalized spacial score (nSPS) is 24.3. The van der Waals surface area contributed by atoms with Gasteiger partial charge in [-0.15, -0.1) is 0 Å². The number of urea groups is 1. The van der Waals surface area contributed by atoms with Crippen LogP contribution in [0.1, 0.15) is 44.2 Å². The van der Waals surface area contributed by atoms with Gasteiger partial charge in [0.15, 0.2) is 0 Å². The van der Waals surface area contributed by atoms with E-state index in [-0.39, 0.29) is 18.0 Å². The number of amides is 3. The van der Waals surface area contributed by atoms with Crippen molar-refractivity contribution in [1.82, 2.24) is 10.2 Å². The van der Waals surface area contributed by atoms with Gasteiger partial charge in [-0.3, -0.25) is 9.69 Å². The van der Waals surface area contributed by atoms with Crippen LogP contribution in [0.5, 0.6) is 0 Å². The lowest BCUT2D eigenvalue weighted by molar-refractivity contribution is -0.129. The highest BCUT2D eigenvalue weighted by molar-refractivity contribution is 6.05. The van der Waals surface area contributed by atoms with Crippen molar-refractivity contribution < 1.29 is 14.3 Å². The number of imide groups is 1. The molecule has 2 fully saturated rings. The van der Waals surface area contributed by atoms with Gasteiger partial charge in [-0.2, -0.15) is 0 Å². The lowest BCUT2D eigenvalue weighted by Crippen LogP contribution is -2.36. The topological polar surface area (TPSA) is 58.6 Å². The summed E-state index contributed by atoms with van der Waals surface area (Å²) in [6, 6.07) is 13.2. The third-order valence-corrected chi connectivity index (χ3v) is 5.76. The molecule has 2 aromatic rings. The molecule has 0 spiro atoms. The zero-order chi connectivity index (χ0) is 18.8. The van der Waals surface area contributed by atoms with Crippen molar-refractivity contribution in [1.29, 1.82) is 0 Å². The molecule has 5 heteroatoms. The largest absolute Gasteiger partial charge is 0.381 e. The Kier molecular flexibility index (Phi) is 5.12. The Morgan fingerprint density at radius 1 is 1.19 bits per heavy atom. The number of nitrogens with one attached hydrogen (secondary N) is 1. The van der Waals surface area contributed by atoms with Crippen molar-refractivity contribution in [3.63, 3.8) is 0 Å². The highest BCUT2D eigenvalue weighted by Crippen LogP contribution is 2.34. The summed E-state index contributed by atoms with van der Waals surface area (Å²) in [5.41, 5.74) is 1.03. The van der Waals surface area contributed by atoms with Gasteiger partial charge in [-0.05, 0) is 47.9 Å². The van der Waals surface area contributed by atoms with Crippen molar-refractivity contribution in [3.05, 3.63) is 48.0 Å². The summed E-state index contributed by atoms with van der Waals surface area (Å²) in [7, 11) is 0. The molecule has 2 aromatic carbocycles. The quantitative estimate of drug-likeness (QED) is 0.813. The third-order valence-electron chi connectivity index (χ3n) is 5.76. The van der Waals surface area contributed by atoms with E-state index in [1.165, 1.54) is 4.90 Å². The number of hydrogen-bond donors (Lipinski definition) is 1. The fraction of sp³-hybridized carbons (Fsp3) is 0.455. The summed E-state index contributed by atoms with van der Waals surface area (Å²) < 4.78 is 5.53. The Labute approximate surface area is 159 Å². The first kappa shape index (κ1) is 18.0. The van der Waals surface area contributed by atoms with Crippen LogP contribution >= 0.6 is 0 Å². The number of rotatable bonds is 5. The first-order valence-corrected chi connectivity index (χ1v) is 9.88. The van der Waals surface area contributed by atoms with Gasteiger partial charge in [0.25, 0.3) is 5.91 Å². The molecular weight excluding hydrogens is 340 g/mol. The molecule has 0 aliphatic carbocycles. The van der Waals surface area contributed by atoms with Crippen molar-refractivity contribution in [2.24, 2.45) is 5.92 Å². The second-order valence-corrected chi connectivity index (χ2v) is 7.52. The van der Waals surface area contributed by atoms with E-state index in [2.05, 4.69) is 23.5 Å². The summed E-state index contributed by atoms with van der Waals surface area (Å²) in [5, 5.41) is 5.13. The van der Waals surface area contributed by atoms with Crippen LogP contribution in [0.4, 0.5) is 4.79 Å². The number of carbonyl (C=O) groups is 2. The zero-order valence-corrected chi connectivity index (χ0v) is 15.7. The van der Waals surface area contributed by atoms with Gasteiger partial charge in [-0.25, -0.2) is 4.79 Å². The lowest BCUT2D eigenvalue weighted by atomic mass is 9.93. The van der Waals surface area contributed by atoms with Crippen LogP contribution in [-0.2, 0) is 9.53 Å². The predicted octanol–water partition coefficient (Wildman–Crippen LogP) is 4.03. The van der Waals surface area contributed by atoms with Crippen LogP contribution in [0, 0.1) is 5.92 Å². The van der Waals surface area contributed by atoms with E-state index < -0.39 is 6.04 Å². The van der Waals surface area contributed by atoms with Crippen LogP contribution in [0.25, 0.3) is 10.8 Å². The number of fused-ring (bicyclic) bond motifs is 1. The second-order valence-electron chi connectivity index (χ2n) is 7.52. The maximum atomic E-state index is 13.1. The number of benzene rings is 2. The fourth-order valence-corrected chi connectivity index (χ4v) is 4.41. The van der Waals surface area contributed by atoms with Crippen LogP contribution in [-0.4, -0.2) is 36.1 Å². The maximum absolute atomic E-state index is 13.1. The molecule has 4 rings (SSSR count). The molecule has 0 radical (unpaired) electrons. The predicted molar refractivity (Wildman–Crippen MR) is 104 cm³/mol. The molecule has 3 amide bonds. The fourth-order valence-electron chi connectivity index (χ4n) is 4.41. The minimum atomic E-state index is -0.437. The van der Waals surface area contributed by atoms with E-state index in [1.54, 1.807) is 0 Å². The molecule has 2 saturated heterocycles. The van der Waals surface area contributed by atoms with E-state index in [1.807, 2.05) is 31.2 Å². The molecular formula is C22H26N2O3. The monoisotopic (exact) mass is 366 g/mol. The summed E-state index contributed by atoms with van der Waals surface area (Å²) in [5.74, 6) is 0.232. The molecule has 0 saturated carbocycles. The van der Waals surface area contributed by atoms with Gasteiger partial charge < -0.3 is 10.1 Å². The summed E-state index contributed by atoms with van der Waals surface area (Å²) in [4.78, 5) is 27.3. The second kappa shape index (κ2) is 7.69. The molecule has 3 unspecified atom stereocenters. The molecule has 2 heterocycles. The summed E-state index contributed by atoms with van der Waals surface area (Å²) >= 11 is 0. The lowest BCUT2D eigenvalue weighted by Gasteiger charge is -2.27. The van der Waals surface area contributed by atoms with E-state index in [9.17, 15) is 9.59 Å². The van der Waals surface area contributed by atoms with Crippen LogP contribution in [0.3, 0.4) is 0 Å². The minimum Gasteiger partial charge on any atom is -0.381 e. The van der Waals surface area contributed by atoms with E-state index in [4.69, 9.17) is 4.74 Å². The molecule has 2 aliphatic rings. The van der Waals surface area contributed by atoms with E-state index >= 15 is 0 Å². The van der Waals surface area contributed by atoms with Gasteiger partial charge in [0.1, 0.15) is 6.04 Å². The molecule has 2 aliphatic heterocycles. The molecule has 142 valence electrons. The summed E-state index contributed by atoms with van der Waals surface area (Å²) in [6.07, 6.45) is 3.43. The first-order chi connectivity index (χ1) is 13.2. The molecule has 3 atom stereocenters. The van der Waals surface area contributed by atoms with Crippen LogP contribution < -0.4 is 5.32 Å². The smallest absolute Gasteiger partial charge is 0.325 e. The minimum absolute atomic E-state index is 0.106. The number of hydrogen-bond acceptors (Lipinski definition) is 3. The molecule has 0 aromatic heterocycles. The van der Waals surface area contributed by atoms with Crippen molar-refractivity contribution >= 4 is 22.7 Å². The van der Waals surface area contributed by atoms with Gasteiger partial charge in [0.05, 0.1) is 6.04 Å². The highest BCUT2D eigenvalue weighted by atomic mass is 16.5. The Morgan fingerprint density at radius 2 is 2.00 bits per heavy atom. The molecule has 27 heavy (non-hydrogen) atoms. The molecule has 0 bridgehead atoms. The Bertz CT molecular complexity index is 839. The van der Waals surface area contributed by atoms with Crippen molar-refractivity contribution in [2.75, 3.05) is 13.2 Å². The third kappa shape index (κ3) is 3.44. The Morgan fingerprint density at radius 3 is 2.78 bits per heavy atom. The van der Waals surface area contributed by atoms with E-state index in [0.717, 1.165) is 35.8 Å². The molecule has 1 N–H and O–H groups in total. The van der Waals surface area contributed by atoms with Gasteiger partial charge in [0, 0.05) is 13.2 Å². The highest BCUT2D eigenvalue weighted by Gasteiger charge is 2.43. The van der Waals surface area contributed by atoms with Gasteiger partial charge in [-0.1, -0.05) is 49.4 Å². The average molecular weight is 366 g/mol. The number of nitrogens with zero attached hydrogens (tertiary/aromatic N) is 1. The number of ether oxygens (including phenoxy) is 1. The van der Waals surface area contributed by atoms with Gasteiger partial charge >= 0.3 is 6.03 Å². The standard InChI is InChI=1S/C22H26N2O3/c1-2-20(18-11-5-9-16-8-3-4-10-17(16)18)24-21(25)19(23-22(24)26)13-15-7-6-12-27-14-15/h3-5,8-11,15,19-20H,2,6-7,12-14H2,1H3,(H,23,26). The first-order valence-electron chi connectivity index (χ1n) is 9.88. The van der Waals surface area contributed by atoms with Crippen molar-refractivity contribution in [3.8, 4) is 0 Å². The van der Waals surface area contributed by atoms with Gasteiger partial charge in [0.2, 0.25) is 0 Å². The summed E-state index contributed by atoms with van der Waals surface area (Å²) in [6.45, 7) is 3.50. The van der Waals surface area contributed by atoms with Crippen LogP contribution in [0.2, 0.25) is 0 Å². The molecule has 5 nitrogen and oxygen atoms in total. The van der Waals surface area contributed by atoms with Crippen LogP contribution in [0.15, 0.2) is 42.5 Å². The maximum Gasteiger partial charge on any atom is 0.325 e. The zero-order valence-electron chi connectivity index (χ0n) is 15.7. The SMILES string of the molecule is CCC(c1cccc2ccccc12)N1C(=O)NC(CC2CCCOC2)C1=O. The average Bonchev–Trinajstić information content (AvgIpc) is 2.97. The Hall–Kier alpha value is -2.40. The van der Waals surface area contributed by atoms with Crippen molar-refractivity contribution in [2.45, 2.75) is 44.7 Å². The Balaban J connectivity index is 1.60. The number of carbonyl (C=O) groups excluding carboxylic acids is 2.